The predicted octanol–water partition coefficient (Wildman–Crippen LogP) is 8.55. The van der Waals surface area contributed by atoms with E-state index in [2.05, 4.69) is 144 Å². The summed E-state index contributed by atoms with van der Waals surface area (Å²) in [5.41, 5.74) is 10.3. The number of benzene rings is 4. The predicted molar refractivity (Wildman–Crippen MR) is 238 cm³/mol. The number of aryl methyl sites for hydroxylation is 1. The zero-order valence-corrected chi connectivity index (χ0v) is 33.9. The maximum Gasteiger partial charge on any atom is 0.143 e. The van der Waals surface area contributed by atoms with Gasteiger partial charge in [0.2, 0.25) is 0 Å². The molecule has 0 unspecified atom stereocenters. The average Bonchev–Trinajstić information content (AvgIpc) is 4.00. The first-order valence-corrected chi connectivity index (χ1v) is 20.4. The van der Waals surface area contributed by atoms with Gasteiger partial charge in [-0.2, -0.15) is 5.10 Å². The Kier molecular flexibility index (Phi) is 9.97. The number of hydrogen-bond donors (Lipinski definition) is 4. The second kappa shape index (κ2) is 16.0. The molecule has 7 heterocycles. The maximum absolute atomic E-state index is 5.45. The van der Waals surface area contributed by atoms with Gasteiger partial charge in [0.15, 0.2) is 0 Å². The Bertz CT molecular complexity index is 2900. The van der Waals surface area contributed by atoms with Crippen LogP contribution in [0.4, 0.5) is 34.4 Å². The fraction of sp³-hybridized carbons (Fsp3) is 0.205. The molecule has 59 heavy (non-hydrogen) atoms. The molecule has 11 rings (SSSR count). The number of fused-ring (bicyclic) bond motifs is 6. The molecule has 296 valence electrons. The van der Waals surface area contributed by atoms with Crippen molar-refractivity contribution in [1.29, 1.82) is 0 Å². The van der Waals surface area contributed by atoms with E-state index in [9.17, 15) is 0 Å². The van der Waals surface area contributed by atoms with E-state index in [1.54, 1.807) is 12.7 Å². The van der Waals surface area contributed by atoms with Crippen LogP contribution in [-0.4, -0.2) is 92.3 Å². The lowest BCUT2D eigenvalue weighted by atomic mass is 10.1. The topological polar surface area (TPSA) is 150 Å². The van der Waals surface area contributed by atoms with E-state index in [-0.39, 0.29) is 0 Å². The van der Waals surface area contributed by atoms with Gasteiger partial charge in [-0.15, -0.1) is 0 Å². The van der Waals surface area contributed by atoms with Crippen molar-refractivity contribution in [2.24, 2.45) is 7.05 Å². The van der Waals surface area contributed by atoms with Crippen molar-refractivity contribution in [2.75, 3.05) is 73.0 Å². The van der Waals surface area contributed by atoms with Crippen LogP contribution in [0.5, 0.6) is 0 Å². The lowest BCUT2D eigenvalue weighted by Crippen LogP contribution is -2.36. The minimum Gasteiger partial charge on any atom is -0.378 e. The third-order valence-corrected chi connectivity index (χ3v) is 11.3. The molecule has 4 N–H and O–H groups in total. The first kappa shape index (κ1) is 36.8. The summed E-state index contributed by atoms with van der Waals surface area (Å²) in [6.45, 7) is 6.85. The van der Waals surface area contributed by atoms with Crippen LogP contribution in [-0.2, 0) is 16.5 Å². The van der Waals surface area contributed by atoms with E-state index in [4.69, 9.17) is 9.47 Å². The zero-order valence-electron chi connectivity index (χ0n) is 32.3. The summed E-state index contributed by atoms with van der Waals surface area (Å²) in [7, 11) is 1.92. The first-order valence-electron chi connectivity index (χ1n) is 19.6. The SMILES string of the molecule is Brc1ccc2[nH]c3ncnc(Nc4ccc(N5CCOCC5)cc4)c3c2c1.Cn1cc(-c2ccc3[nH]c4ncnc(Nc5ccc(N6CCOCC6)cc5)c4c3c2)cn1. The Morgan fingerprint density at radius 1 is 0.593 bits per heavy atom. The highest BCUT2D eigenvalue weighted by Gasteiger charge is 2.16. The molecular formula is C44H41BrN12O2. The van der Waals surface area contributed by atoms with Crippen LogP contribution in [0.25, 0.3) is 55.0 Å². The van der Waals surface area contributed by atoms with Crippen LogP contribution in [0.3, 0.4) is 0 Å². The lowest BCUT2D eigenvalue weighted by molar-refractivity contribution is 0.122. The van der Waals surface area contributed by atoms with Crippen LogP contribution >= 0.6 is 15.9 Å². The summed E-state index contributed by atoms with van der Waals surface area (Å²) in [6.07, 6.45) is 7.06. The van der Waals surface area contributed by atoms with Gasteiger partial charge in [-0.1, -0.05) is 22.0 Å². The molecule has 0 radical (unpaired) electrons. The second-order valence-electron chi connectivity index (χ2n) is 14.5. The highest BCUT2D eigenvalue weighted by molar-refractivity contribution is 9.10. The monoisotopic (exact) mass is 848 g/mol. The number of hydrogen-bond acceptors (Lipinski definition) is 11. The van der Waals surface area contributed by atoms with Crippen molar-refractivity contribution >= 4 is 94.2 Å². The molecule has 0 aliphatic carbocycles. The van der Waals surface area contributed by atoms with Crippen molar-refractivity contribution in [3.05, 3.63) is 114 Å². The second-order valence-corrected chi connectivity index (χ2v) is 15.5. The number of aromatic nitrogens is 8. The van der Waals surface area contributed by atoms with Gasteiger partial charge in [0, 0.05) is 94.0 Å². The van der Waals surface area contributed by atoms with Crippen LogP contribution in [0.2, 0.25) is 0 Å². The molecule has 0 bridgehead atoms. The third-order valence-electron chi connectivity index (χ3n) is 10.8. The van der Waals surface area contributed by atoms with Gasteiger partial charge < -0.3 is 39.9 Å². The number of nitrogens with zero attached hydrogens (tertiary/aromatic N) is 8. The van der Waals surface area contributed by atoms with Gasteiger partial charge in [-0.25, -0.2) is 19.9 Å². The molecule has 0 amide bonds. The quantitative estimate of drug-likeness (QED) is 0.122. The molecule has 4 aromatic carbocycles. The fourth-order valence-corrected chi connectivity index (χ4v) is 8.15. The zero-order chi connectivity index (χ0) is 39.7. The summed E-state index contributed by atoms with van der Waals surface area (Å²) in [4.78, 5) is 29.3. The smallest absolute Gasteiger partial charge is 0.143 e. The first-order chi connectivity index (χ1) is 29.0. The van der Waals surface area contributed by atoms with E-state index in [0.29, 0.717) is 0 Å². The Balaban J connectivity index is 0.000000145. The number of aromatic amines is 2. The maximum atomic E-state index is 5.45. The third kappa shape index (κ3) is 7.63. The highest BCUT2D eigenvalue weighted by atomic mass is 79.9. The Labute approximate surface area is 347 Å². The van der Waals surface area contributed by atoms with Crippen molar-refractivity contribution in [1.82, 2.24) is 39.7 Å². The van der Waals surface area contributed by atoms with Gasteiger partial charge in [0.25, 0.3) is 0 Å². The minimum atomic E-state index is 0.778. The lowest BCUT2D eigenvalue weighted by Gasteiger charge is -2.28. The minimum absolute atomic E-state index is 0.778. The number of halogens is 1. The van der Waals surface area contributed by atoms with Crippen molar-refractivity contribution in [3.8, 4) is 11.1 Å². The molecule has 14 nitrogen and oxygen atoms in total. The average molecular weight is 850 g/mol. The van der Waals surface area contributed by atoms with Crippen molar-refractivity contribution in [3.63, 3.8) is 0 Å². The Morgan fingerprint density at radius 2 is 1.10 bits per heavy atom. The number of H-pyrrole nitrogens is 2. The van der Waals surface area contributed by atoms with Gasteiger partial charge in [-0.3, -0.25) is 4.68 Å². The Hall–Kier alpha value is -6.55. The van der Waals surface area contributed by atoms with Crippen LogP contribution < -0.4 is 20.4 Å². The molecule has 15 heteroatoms. The molecule has 0 atom stereocenters. The van der Waals surface area contributed by atoms with Gasteiger partial charge in [0.05, 0.1) is 43.4 Å². The molecule has 2 fully saturated rings. The van der Waals surface area contributed by atoms with Crippen LogP contribution in [0, 0.1) is 0 Å². The van der Waals surface area contributed by atoms with Crippen LogP contribution in [0.1, 0.15) is 0 Å². The van der Waals surface area contributed by atoms with E-state index < -0.39 is 0 Å². The molecule has 0 saturated carbocycles. The molecular weight excluding hydrogens is 808 g/mol. The highest BCUT2D eigenvalue weighted by Crippen LogP contribution is 2.35. The molecule has 2 aliphatic heterocycles. The number of morpholine rings is 2. The van der Waals surface area contributed by atoms with Crippen molar-refractivity contribution in [2.45, 2.75) is 0 Å². The summed E-state index contributed by atoms with van der Waals surface area (Å²) in [6, 6.07) is 29.4. The van der Waals surface area contributed by atoms with E-state index in [1.807, 2.05) is 36.3 Å². The number of ether oxygens (including phenoxy) is 2. The standard InChI is InChI=1S/C24H23N7O.C20H18BrN5O/c1-30-14-17(13-27-30)16-2-7-21-20(12-16)22-23(25-15-26-24(22)29-21)28-18-3-5-19(6-4-18)31-8-10-32-11-9-31;21-13-1-6-17-16(11-13)18-19(22-12-23-20(18)25-17)24-14-2-4-15(5-3-14)26-7-9-27-10-8-26/h2-7,12-15H,8-11H2,1H3,(H2,25,26,28,29);1-6,11-12H,7-10H2,(H2,22,23,24,25). The molecule has 2 saturated heterocycles. The molecule has 2 aliphatic rings. The number of rotatable bonds is 7. The van der Waals surface area contributed by atoms with Crippen molar-refractivity contribution < 1.29 is 9.47 Å². The molecule has 5 aromatic heterocycles. The summed E-state index contributed by atoms with van der Waals surface area (Å²) < 4.78 is 13.7. The summed E-state index contributed by atoms with van der Waals surface area (Å²) in [5.74, 6) is 1.58. The van der Waals surface area contributed by atoms with E-state index in [1.165, 1.54) is 11.4 Å². The Morgan fingerprint density at radius 3 is 1.61 bits per heavy atom. The summed E-state index contributed by atoms with van der Waals surface area (Å²) >= 11 is 3.55. The van der Waals surface area contributed by atoms with Gasteiger partial charge >= 0.3 is 0 Å². The number of nitrogens with one attached hydrogen (secondary N) is 4. The van der Waals surface area contributed by atoms with Crippen LogP contribution in [0.15, 0.2) is 114 Å². The summed E-state index contributed by atoms with van der Waals surface area (Å²) in [5, 5.41) is 15.4. The molecule has 0 spiro atoms. The molecule has 9 aromatic rings. The largest absolute Gasteiger partial charge is 0.378 e. The van der Waals surface area contributed by atoms with Gasteiger partial charge in [-0.05, 0) is 84.4 Å². The van der Waals surface area contributed by atoms with Gasteiger partial charge in [0.1, 0.15) is 35.6 Å². The fourth-order valence-electron chi connectivity index (χ4n) is 7.79. The number of anilines is 6. The van der Waals surface area contributed by atoms with E-state index in [0.717, 1.165) is 135 Å². The van der Waals surface area contributed by atoms with E-state index >= 15 is 0 Å². The normalized spacial score (nSPS) is 14.5.